The number of rotatable bonds is 3. The average molecular weight is 254 g/mol. The minimum atomic E-state index is -0.926. The molecule has 98 valence electrons. The number of aliphatic carboxylic acids is 1. The summed E-state index contributed by atoms with van der Waals surface area (Å²) in [4.78, 5) is 10.9. The van der Waals surface area contributed by atoms with Gasteiger partial charge in [-0.2, -0.15) is 0 Å². The lowest BCUT2D eigenvalue weighted by atomic mass is 9.80. The summed E-state index contributed by atoms with van der Waals surface area (Å²) < 4.78 is 24.1. The van der Waals surface area contributed by atoms with Crippen molar-refractivity contribution in [1.29, 1.82) is 0 Å². The van der Waals surface area contributed by atoms with Crippen LogP contribution in [0, 0.1) is 5.82 Å². The zero-order chi connectivity index (χ0) is 13.3. The van der Waals surface area contributed by atoms with Gasteiger partial charge in [-0.3, -0.25) is 4.79 Å². The Morgan fingerprint density at radius 1 is 1.50 bits per heavy atom. The van der Waals surface area contributed by atoms with Crippen molar-refractivity contribution < 1.29 is 23.8 Å². The fourth-order valence-corrected chi connectivity index (χ4v) is 2.16. The maximum atomic E-state index is 13.6. The molecule has 1 aromatic rings. The van der Waals surface area contributed by atoms with E-state index in [1.54, 1.807) is 13.8 Å². The monoisotopic (exact) mass is 254 g/mol. The normalized spacial score (nSPS) is 14.8. The van der Waals surface area contributed by atoms with Crippen LogP contribution < -0.4 is 4.74 Å². The maximum absolute atomic E-state index is 13.6. The van der Waals surface area contributed by atoms with Gasteiger partial charge in [-0.15, -0.1) is 0 Å². The molecule has 0 amide bonds. The fourth-order valence-electron chi connectivity index (χ4n) is 2.16. The Labute approximate surface area is 104 Å². The van der Waals surface area contributed by atoms with Gasteiger partial charge < -0.3 is 14.6 Å². The zero-order valence-electron chi connectivity index (χ0n) is 10.3. The summed E-state index contributed by atoms with van der Waals surface area (Å²) in [5.41, 5.74) is 0.493. The molecular formula is C13H15FO4. The third kappa shape index (κ3) is 2.46. The second-order valence-corrected chi connectivity index (χ2v) is 5.01. The minimum Gasteiger partial charge on any atom is -0.481 e. The Morgan fingerprint density at radius 3 is 2.89 bits per heavy atom. The molecule has 1 aromatic carbocycles. The minimum absolute atomic E-state index is 0.0902. The third-order valence-corrected chi connectivity index (χ3v) is 3.00. The number of halogens is 1. The first-order valence-electron chi connectivity index (χ1n) is 5.65. The van der Waals surface area contributed by atoms with Crippen LogP contribution in [0.1, 0.15) is 31.4 Å². The van der Waals surface area contributed by atoms with Crippen LogP contribution in [0.2, 0.25) is 0 Å². The summed E-state index contributed by atoms with van der Waals surface area (Å²) in [6, 6.07) is 2.70. The van der Waals surface area contributed by atoms with Crippen LogP contribution >= 0.6 is 0 Å². The number of carboxylic acid groups (broad SMARTS) is 1. The van der Waals surface area contributed by atoms with E-state index >= 15 is 0 Å². The largest absolute Gasteiger partial charge is 0.481 e. The van der Waals surface area contributed by atoms with Crippen molar-refractivity contribution in [2.24, 2.45) is 0 Å². The van der Waals surface area contributed by atoms with Crippen LogP contribution in [0.5, 0.6) is 5.75 Å². The van der Waals surface area contributed by atoms with Gasteiger partial charge in [0.25, 0.3) is 0 Å². The van der Waals surface area contributed by atoms with E-state index in [9.17, 15) is 9.18 Å². The molecule has 0 bridgehead atoms. The molecule has 0 aliphatic carbocycles. The maximum Gasteiger partial charge on any atom is 0.304 e. The van der Waals surface area contributed by atoms with Crippen LogP contribution in [0.4, 0.5) is 4.39 Å². The number of benzene rings is 1. The summed E-state index contributed by atoms with van der Waals surface area (Å²) in [5, 5.41) is 8.92. The summed E-state index contributed by atoms with van der Waals surface area (Å²) >= 11 is 0. The highest BCUT2D eigenvalue weighted by Gasteiger charge is 2.30. The average Bonchev–Trinajstić information content (AvgIpc) is 2.26. The molecule has 0 aromatic heterocycles. The number of ether oxygens (including phenoxy) is 2. The molecule has 0 spiro atoms. The number of hydrogen-bond acceptors (Lipinski definition) is 3. The molecule has 1 aliphatic heterocycles. The van der Waals surface area contributed by atoms with Gasteiger partial charge in [-0.05, 0) is 12.1 Å². The van der Waals surface area contributed by atoms with E-state index in [0.717, 1.165) is 0 Å². The first kappa shape index (κ1) is 12.8. The molecule has 0 saturated heterocycles. The van der Waals surface area contributed by atoms with E-state index in [1.807, 2.05) is 0 Å². The summed E-state index contributed by atoms with van der Waals surface area (Å²) in [6.45, 7) is 3.90. The SMILES string of the molecule is CC(C)(CC(=O)O)c1cc(F)cc2c1OCOC2. The summed E-state index contributed by atoms with van der Waals surface area (Å²) in [7, 11) is 0. The summed E-state index contributed by atoms with van der Waals surface area (Å²) in [5.74, 6) is -0.782. The molecule has 0 saturated carbocycles. The number of carboxylic acids is 1. The van der Waals surface area contributed by atoms with Crippen molar-refractivity contribution in [3.63, 3.8) is 0 Å². The van der Waals surface area contributed by atoms with E-state index in [1.165, 1.54) is 12.1 Å². The van der Waals surface area contributed by atoms with E-state index in [4.69, 9.17) is 14.6 Å². The molecule has 1 aliphatic rings. The topological polar surface area (TPSA) is 55.8 Å². The summed E-state index contributed by atoms with van der Waals surface area (Å²) in [6.07, 6.45) is -0.0902. The van der Waals surface area contributed by atoms with Crippen LogP contribution in [-0.4, -0.2) is 17.9 Å². The van der Waals surface area contributed by atoms with Gasteiger partial charge in [0, 0.05) is 16.5 Å². The molecule has 4 nitrogen and oxygen atoms in total. The van der Waals surface area contributed by atoms with E-state index < -0.39 is 17.2 Å². The van der Waals surface area contributed by atoms with Gasteiger partial charge in [0.15, 0.2) is 6.79 Å². The van der Waals surface area contributed by atoms with Crippen LogP contribution in [0.25, 0.3) is 0 Å². The molecule has 18 heavy (non-hydrogen) atoms. The number of fused-ring (bicyclic) bond motifs is 1. The lowest BCUT2D eigenvalue weighted by Crippen LogP contribution is -2.25. The highest BCUT2D eigenvalue weighted by atomic mass is 19.1. The van der Waals surface area contributed by atoms with Gasteiger partial charge in [0.1, 0.15) is 11.6 Å². The number of carbonyl (C=O) groups is 1. The fraction of sp³-hybridized carbons (Fsp3) is 0.462. The molecule has 0 atom stereocenters. The molecular weight excluding hydrogens is 239 g/mol. The third-order valence-electron chi connectivity index (χ3n) is 3.00. The van der Waals surface area contributed by atoms with Crippen molar-refractivity contribution >= 4 is 5.97 Å². The predicted molar refractivity (Wildman–Crippen MR) is 62.0 cm³/mol. The molecule has 1 N–H and O–H groups in total. The Morgan fingerprint density at radius 2 is 2.22 bits per heavy atom. The molecule has 0 fully saturated rings. The second-order valence-electron chi connectivity index (χ2n) is 5.01. The highest BCUT2D eigenvalue weighted by molar-refractivity contribution is 5.69. The highest BCUT2D eigenvalue weighted by Crippen LogP contribution is 2.39. The standard InChI is InChI=1S/C13H15FO4/c1-13(2,5-11(15)16)10-4-9(14)3-8-6-17-7-18-12(8)10/h3-4H,5-7H2,1-2H3,(H,15,16). The van der Waals surface area contributed by atoms with Crippen molar-refractivity contribution in [2.75, 3.05) is 6.79 Å². The molecule has 0 unspecified atom stereocenters. The van der Waals surface area contributed by atoms with Crippen molar-refractivity contribution in [3.05, 3.63) is 29.1 Å². The van der Waals surface area contributed by atoms with Crippen LogP contribution in [-0.2, 0) is 21.6 Å². The van der Waals surface area contributed by atoms with Gasteiger partial charge >= 0.3 is 5.97 Å². The Kier molecular flexibility index (Phi) is 3.26. The van der Waals surface area contributed by atoms with Crippen LogP contribution in [0.15, 0.2) is 12.1 Å². The second kappa shape index (κ2) is 4.57. The molecule has 5 heteroatoms. The van der Waals surface area contributed by atoms with Gasteiger partial charge in [-0.1, -0.05) is 13.8 Å². The van der Waals surface area contributed by atoms with Crippen molar-refractivity contribution in [2.45, 2.75) is 32.3 Å². The predicted octanol–water partition coefficient (Wildman–Crippen LogP) is 2.44. The van der Waals surface area contributed by atoms with Gasteiger partial charge in [0.2, 0.25) is 0 Å². The Hall–Kier alpha value is -1.62. The lowest BCUT2D eigenvalue weighted by molar-refractivity contribution is -0.138. The number of hydrogen-bond donors (Lipinski definition) is 1. The molecule has 0 radical (unpaired) electrons. The first-order chi connectivity index (χ1) is 8.40. The van der Waals surface area contributed by atoms with Crippen molar-refractivity contribution in [3.8, 4) is 5.75 Å². The quantitative estimate of drug-likeness (QED) is 0.900. The van der Waals surface area contributed by atoms with Gasteiger partial charge in [-0.25, -0.2) is 4.39 Å². The van der Waals surface area contributed by atoms with E-state index in [2.05, 4.69) is 0 Å². The molecule has 2 rings (SSSR count). The Bertz CT molecular complexity index is 482. The van der Waals surface area contributed by atoms with Crippen LogP contribution in [0.3, 0.4) is 0 Å². The smallest absolute Gasteiger partial charge is 0.304 e. The van der Waals surface area contributed by atoms with Crippen molar-refractivity contribution in [1.82, 2.24) is 0 Å². The molecule has 1 heterocycles. The Balaban J connectivity index is 2.49. The van der Waals surface area contributed by atoms with E-state index in [-0.39, 0.29) is 19.8 Å². The van der Waals surface area contributed by atoms with Gasteiger partial charge in [0.05, 0.1) is 13.0 Å². The van der Waals surface area contributed by atoms with E-state index in [0.29, 0.717) is 16.9 Å². The lowest BCUT2D eigenvalue weighted by Gasteiger charge is -2.29. The first-order valence-corrected chi connectivity index (χ1v) is 5.65. The zero-order valence-corrected chi connectivity index (χ0v) is 10.3.